The predicted octanol–water partition coefficient (Wildman–Crippen LogP) is 4.45. The maximum atomic E-state index is 12.9. The summed E-state index contributed by atoms with van der Waals surface area (Å²) in [5, 5.41) is 0. The molecule has 0 radical (unpaired) electrons. The fourth-order valence-corrected chi connectivity index (χ4v) is 3.78. The number of carbonyl (C=O) groups is 1. The van der Waals surface area contributed by atoms with Crippen LogP contribution in [0.15, 0.2) is 35.9 Å². The summed E-state index contributed by atoms with van der Waals surface area (Å²) in [5.41, 5.74) is 0.782. The lowest BCUT2D eigenvalue weighted by Crippen LogP contribution is -2.45. The lowest BCUT2D eigenvalue weighted by Gasteiger charge is -2.33. The van der Waals surface area contributed by atoms with E-state index in [1.807, 2.05) is 26.8 Å². The molecule has 0 aliphatic carbocycles. The lowest BCUT2D eigenvalue weighted by molar-refractivity contribution is 0.0644. The first-order valence-electron chi connectivity index (χ1n) is 7.12. The zero-order valence-electron chi connectivity index (χ0n) is 14.1. The molecule has 0 saturated heterocycles. The molecule has 4 heteroatoms. The molecule has 0 aliphatic rings. The Kier molecular flexibility index (Phi) is 5.53. The van der Waals surface area contributed by atoms with E-state index >= 15 is 0 Å². The Bertz CT molecular complexity index is 522. The molecule has 0 N–H and O–H groups in total. The van der Waals surface area contributed by atoms with E-state index in [2.05, 4.69) is 19.6 Å². The highest BCUT2D eigenvalue weighted by Crippen LogP contribution is 2.26. The second-order valence-electron chi connectivity index (χ2n) is 6.60. The van der Waals surface area contributed by atoms with E-state index in [4.69, 9.17) is 9.16 Å². The number of allylic oxidation sites excluding steroid dienone is 1. The van der Waals surface area contributed by atoms with Gasteiger partial charge < -0.3 is 9.16 Å². The molecule has 1 atom stereocenters. The van der Waals surface area contributed by atoms with E-state index in [1.165, 1.54) is 0 Å². The van der Waals surface area contributed by atoms with Crippen LogP contribution in [-0.4, -0.2) is 26.8 Å². The Morgan fingerprint density at radius 1 is 1.14 bits per heavy atom. The number of carbonyl (C=O) groups excluding carboxylic acids is 1. The van der Waals surface area contributed by atoms with Gasteiger partial charge in [0.25, 0.3) is 0 Å². The van der Waals surface area contributed by atoms with Crippen molar-refractivity contribution in [3.63, 3.8) is 0 Å². The molecule has 0 spiro atoms. The summed E-state index contributed by atoms with van der Waals surface area (Å²) in [6.07, 6.45) is 1.91. The van der Waals surface area contributed by atoms with E-state index in [9.17, 15) is 4.79 Å². The average Bonchev–Trinajstić information content (AvgIpc) is 2.34. The Balaban J connectivity index is 3.18. The number of hydrogen-bond acceptors (Lipinski definition) is 3. The van der Waals surface area contributed by atoms with E-state index in [0.717, 1.165) is 11.3 Å². The minimum absolute atomic E-state index is 0.0196. The summed E-state index contributed by atoms with van der Waals surface area (Å²) in [4.78, 5) is 12.9. The summed E-state index contributed by atoms with van der Waals surface area (Å²) >= 11 is 0. The van der Waals surface area contributed by atoms with Gasteiger partial charge >= 0.3 is 0 Å². The van der Waals surface area contributed by atoms with E-state index in [-0.39, 0.29) is 5.78 Å². The molecule has 1 unspecified atom stereocenters. The highest BCUT2D eigenvalue weighted by molar-refractivity contribution is 6.70. The van der Waals surface area contributed by atoms with Crippen LogP contribution in [0.3, 0.4) is 0 Å². The first-order valence-corrected chi connectivity index (χ1v) is 10.5. The highest BCUT2D eigenvalue weighted by Gasteiger charge is 2.37. The quantitative estimate of drug-likeness (QED) is 0.442. The molecule has 0 heterocycles. The van der Waals surface area contributed by atoms with Crippen molar-refractivity contribution in [3.05, 3.63) is 41.5 Å². The van der Waals surface area contributed by atoms with Crippen LogP contribution in [0.2, 0.25) is 19.6 Å². The molecule has 0 saturated carbocycles. The molecule has 0 aliphatic heterocycles. The van der Waals surface area contributed by atoms with Crippen LogP contribution < -0.4 is 4.74 Å². The van der Waals surface area contributed by atoms with Crippen LogP contribution in [0, 0.1) is 0 Å². The topological polar surface area (TPSA) is 35.5 Å². The number of rotatable bonds is 6. The van der Waals surface area contributed by atoms with Crippen molar-refractivity contribution in [2.75, 3.05) is 7.11 Å². The molecule has 116 valence electrons. The number of hydrogen-bond donors (Lipinski definition) is 0. The van der Waals surface area contributed by atoms with Gasteiger partial charge in [-0.15, -0.1) is 0 Å². The molecular weight excluding hydrogens is 280 g/mol. The summed E-state index contributed by atoms with van der Waals surface area (Å²) in [6.45, 7) is 12.1. The summed E-state index contributed by atoms with van der Waals surface area (Å²) in [7, 11) is -0.253. The van der Waals surface area contributed by atoms with Crippen molar-refractivity contribution in [3.8, 4) is 5.75 Å². The third-order valence-corrected chi connectivity index (χ3v) is 3.92. The van der Waals surface area contributed by atoms with E-state index in [0.29, 0.717) is 5.56 Å². The summed E-state index contributed by atoms with van der Waals surface area (Å²) in [5.74, 6) is 0.718. The molecule has 1 aromatic carbocycles. The van der Waals surface area contributed by atoms with Crippen LogP contribution in [0.25, 0.3) is 0 Å². The minimum Gasteiger partial charge on any atom is -0.497 e. The normalized spacial score (nSPS) is 14.2. The van der Waals surface area contributed by atoms with Crippen molar-refractivity contribution in [1.29, 1.82) is 0 Å². The monoisotopic (exact) mass is 306 g/mol. The van der Waals surface area contributed by atoms with Gasteiger partial charge in [-0.3, -0.25) is 4.79 Å². The number of ether oxygens (including phenoxy) is 1. The molecule has 3 nitrogen and oxygen atoms in total. The molecular formula is C17H26O3Si. The zero-order valence-corrected chi connectivity index (χ0v) is 15.1. The van der Waals surface area contributed by atoms with Crippen molar-refractivity contribution in [2.24, 2.45) is 0 Å². The largest absolute Gasteiger partial charge is 0.497 e. The van der Waals surface area contributed by atoms with Crippen molar-refractivity contribution >= 4 is 14.1 Å². The molecule has 21 heavy (non-hydrogen) atoms. The van der Waals surface area contributed by atoms with Crippen molar-refractivity contribution in [2.45, 2.75) is 46.0 Å². The van der Waals surface area contributed by atoms with Gasteiger partial charge in [-0.25, -0.2) is 0 Å². The van der Waals surface area contributed by atoms with Gasteiger partial charge in [-0.2, -0.15) is 0 Å². The lowest BCUT2D eigenvalue weighted by atomic mass is 9.93. The fraction of sp³-hybridized carbons (Fsp3) is 0.471. The standard InChI is InChI=1S/C17H26O3Si/c1-13(2)12-17(3,20-21(5,6)7)16(18)14-8-10-15(19-4)11-9-14/h8-12H,1-7H3. The number of ketones is 1. The third kappa shape index (κ3) is 5.14. The van der Waals surface area contributed by atoms with Crippen LogP contribution in [-0.2, 0) is 4.43 Å². The molecule has 1 rings (SSSR count). The van der Waals surface area contributed by atoms with Gasteiger partial charge in [0.2, 0.25) is 0 Å². The molecule has 0 bridgehead atoms. The molecule has 0 amide bonds. The molecule has 1 aromatic rings. The first-order chi connectivity index (χ1) is 9.57. The molecule has 0 aromatic heterocycles. The zero-order chi connectivity index (χ0) is 16.3. The smallest absolute Gasteiger partial charge is 0.197 e. The van der Waals surface area contributed by atoms with Crippen molar-refractivity contribution < 1.29 is 14.0 Å². The number of Topliss-reactive ketones (excluding diaryl/α,β-unsaturated/α-hetero) is 1. The maximum absolute atomic E-state index is 12.9. The van der Waals surface area contributed by atoms with Gasteiger partial charge in [0, 0.05) is 5.56 Å². The Morgan fingerprint density at radius 2 is 1.67 bits per heavy atom. The average molecular weight is 306 g/mol. The molecule has 0 fully saturated rings. The van der Waals surface area contributed by atoms with Gasteiger partial charge in [0.1, 0.15) is 11.4 Å². The maximum Gasteiger partial charge on any atom is 0.197 e. The van der Waals surface area contributed by atoms with Crippen LogP contribution in [0.1, 0.15) is 31.1 Å². The van der Waals surface area contributed by atoms with E-state index in [1.54, 1.807) is 31.4 Å². The highest BCUT2D eigenvalue weighted by atomic mass is 28.4. The number of benzene rings is 1. The van der Waals surface area contributed by atoms with Crippen LogP contribution in [0.5, 0.6) is 5.75 Å². The van der Waals surface area contributed by atoms with Gasteiger partial charge in [0.05, 0.1) is 7.11 Å². The second kappa shape index (κ2) is 6.58. The van der Waals surface area contributed by atoms with Crippen LogP contribution >= 0.6 is 0 Å². The van der Waals surface area contributed by atoms with Gasteiger partial charge in [0.15, 0.2) is 14.1 Å². The Morgan fingerprint density at radius 3 is 2.05 bits per heavy atom. The van der Waals surface area contributed by atoms with Gasteiger partial charge in [-0.1, -0.05) is 5.57 Å². The van der Waals surface area contributed by atoms with Crippen LogP contribution in [0.4, 0.5) is 0 Å². The summed E-state index contributed by atoms with van der Waals surface area (Å²) in [6, 6.07) is 7.16. The fourth-order valence-electron chi connectivity index (χ4n) is 2.36. The Labute approximate surface area is 129 Å². The summed E-state index contributed by atoms with van der Waals surface area (Å²) < 4.78 is 11.3. The van der Waals surface area contributed by atoms with E-state index < -0.39 is 13.9 Å². The van der Waals surface area contributed by atoms with Crippen molar-refractivity contribution in [1.82, 2.24) is 0 Å². The SMILES string of the molecule is COc1ccc(C(=O)C(C)(C=C(C)C)O[Si](C)(C)C)cc1. The Hall–Kier alpha value is -1.39. The number of methoxy groups -OCH3 is 1. The first kappa shape index (κ1) is 17.7. The van der Waals surface area contributed by atoms with Gasteiger partial charge in [-0.05, 0) is 70.8 Å². The minimum atomic E-state index is -1.86. The predicted molar refractivity (Wildman–Crippen MR) is 89.6 cm³/mol. The third-order valence-electron chi connectivity index (χ3n) is 2.89. The second-order valence-corrected chi connectivity index (χ2v) is 11.0.